The van der Waals surface area contributed by atoms with Crippen molar-refractivity contribution in [1.29, 1.82) is 0 Å². The van der Waals surface area contributed by atoms with Gasteiger partial charge in [0.2, 0.25) is 5.95 Å². The third kappa shape index (κ3) is 7.77. The summed E-state index contributed by atoms with van der Waals surface area (Å²) in [5, 5.41) is 8.86. The van der Waals surface area contributed by atoms with Gasteiger partial charge in [-0.15, -0.1) is 0 Å². The Morgan fingerprint density at radius 1 is 0.979 bits per heavy atom. The van der Waals surface area contributed by atoms with Crippen molar-refractivity contribution in [2.75, 3.05) is 79.0 Å². The van der Waals surface area contributed by atoms with E-state index in [0.717, 1.165) is 29.1 Å². The van der Waals surface area contributed by atoms with Gasteiger partial charge in [0, 0.05) is 74.3 Å². The number of nitrogens with one attached hydrogen (secondary N) is 3. The zero-order chi connectivity index (χ0) is 34.7. The van der Waals surface area contributed by atoms with Crippen molar-refractivity contribution in [2.24, 2.45) is 0 Å². The zero-order valence-corrected chi connectivity index (χ0v) is 27.6. The fourth-order valence-electron chi connectivity index (χ4n) is 5.18. The lowest BCUT2D eigenvalue weighted by molar-refractivity contribution is -0.137. The molecule has 1 aliphatic rings. The van der Waals surface area contributed by atoms with Crippen LogP contribution in [0.1, 0.15) is 27.0 Å². The molecule has 0 fully saturated rings. The van der Waals surface area contributed by atoms with E-state index in [-0.39, 0.29) is 23.8 Å². The lowest BCUT2D eigenvalue weighted by Crippen LogP contribution is -2.46. The standard InChI is InChI=1S/C34H38F3N9O2/c1-21-10-11-26(40-31(47)22-14-24(34(35,36)37)16-27(15-22)38-12-13-43(2)3)18-29(21)46-20-23-19-39-32(42-30(23)45(6)33(46)48)41-25-8-7-9-28(17-25)44(4)5/h7-11,14-19,38H,12-13,20H2,1-6H3,(H,40,47)(H,39,41,42). The van der Waals surface area contributed by atoms with Crippen molar-refractivity contribution >= 4 is 52.1 Å². The summed E-state index contributed by atoms with van der Waals surface area (Å²) in [6.07, 6.45) is -2.98. The largest absolute Gasteiger partial charge is 0.416 e. The minimum atomic E-state index is -4.64. The lowest BCUT2D eigenvalue weighted by Gasteiger charge is -2.35. The summed E-state index contributed by atoms with van der Waals surface area (Å²) in [7, 11) is 9.22. The number of aryl methyl sites for hydroxylation is 1. The molecule has 252 valence electrons. The number of aromatic nitrogens is 2. The fraction of sp³-hybridized carbons (Fsp3) is 0.294. The molecule has 0 radical (unpaired) electrons. The van der Waals surface area contributed by atoms with Gasteiger partial charge in [-0.25, -0.2) is 9.78 Å². The Kier molecular flexibility index (Phi) is 9.75. The number of hydrogen-bond acceptors (Lipinski definition) is 8. The number of carbonyl (C=O) groups is 2. The van der Waals surface area contributed by atoms with Gasteiger partial charge in [-0.1, -0.05) is 12.1 Å². The van der Waals surface area contributed by atoms with Gasteiger partial charge < -0.3 is 25.8 Å². The number of carbonyl (C=O) groups excluding carboxylic acids is 2. The topological polar surface area (TPSA) is 109 Å². The van der Waals surface area contributed by atoms with Gasteiger partial charge in [0.05, 0.1) is 17.8 Å². The predicted molar refractivity (Wildman–Crippen MR) is 184 cm³/mol. The van der Waals surface area contributed by atoms with E-state index >= 15 is 0 Å². The molecule has 0 atom stereocenters. The van der Waals surface area contributed by atoms with Crippen LogP contribution >= 0.6 is 0 Å². The number of halogens is 3. The lowest BCUT2D eigenvalue weighted by atomic mass is 10.1. The number of fused-ring (bicyclic) bond motifs is 1. The molecule has 0 aliphatic carbocycles. The van der Waals surface area contributed by atoms with Gasteiger partial charge >= 0.3 is 12.2 Å². The summed E-state index contributed by atoms with van der Waals surface area (Å²) in [6, 6.07) is 15.6. The first-order valence-electron chi connectivity index (χ1n) is 15.2. The second-order valence-electron chi connectivity index (χ2n) is 12.0. The van der Waals surface area contributed by atoms with E-state index in [1.54, 1.807) is 36.3 Å². The monoisotopic (exact) mass is 661 g/mol. The number of alkyl halides is 3. The van der Waals surface area contributed by atoms with E-state index in [2.05, 4.69) is 25.9 Å². The van der Waals surface area contributed by atoms with Crippen LogP contribution in [0.5, 0.6) is 0 Å². The number of benzene rings is 3. The first kappa shape index (κ1) is 34.0. The third-order valence-electron chi connectivity index (χ3n) is 7.79. The molecule has 0 bridgehead atoms. The number of likely N-dealkylation sites (N-methyl/N-ethyl adjacent to an activating group) is 1. The number of amides is 3. The molecule has 0 spiro atoms. The molecule has 14 heteroatoms. The molecule has 3 aromatic carbocycles. The summed E-state index contributed by atoms with van der Waals surface area (Å²) >= 11 is 0. The van der Waals surface area contributed by atoms with Crippen LogP contribution in [0, 0.1) is 6.92 Å². The van der Waals surface area contributed by atoms with Crippen LogP contribution in [0.25, 0.3) is 0 Å². The number of anilines is 7. The van der Waals surface area contributed by atoms with Gasteiger partial charge in [-0.05, 0) is 75.1 Å². The molecule has 4 aromatic rings. The van der Waals surface area contributed by atoms with Gasteiger partial charge in [-0.3, -0.25) is 14.6 Å². The van der Waals surface area contributed by atoms with Crippen molar-refractivity contribution in [3.63, 3.8) is 0 Å². The maximum atomic E-state index is 13.7. The summed E-state index contributed by atoms with van der Waals surface area (Å²) in [4.78, 5) is 42.8. The van der Waals surface area contributed by atoms with Crippen molar-refractivity contribution in [3.05, 3.63) is 89.1 Å². The molecule has 3 N–H and O–H groups in total. The molecule has 1 aliphatic heterocycles. The molecule has 0 saturated carbocycles. The highest BCUT2D eigenvalue weighted by atomic mass is 19.4. The average Bonchev–Trinajstić information content (AvgIpc) is 3.03. The Morgan fingerprint density at radius 2 is 1.75 bits per heavy atom. The Bertz CT molecular complexity index is 1830. The van der Waals surface area contributed by atoms with E-state index < -0.39 is 17.6 Å². The maximum absolute atomic E-state index is 13.7. The predicted octanol–water partition coefficient (Wildman–Crippen LogP) is 6.42. The number of nitrogens with zero attached hydrogens (tertiary/aromatic N) is 6. The molecular formula is C34H38F3N9O2. The Hall–Kier alpha value is -5.37. The van der Waals surface area contributed by atoms with Crippen molar-refractivity contribution in [1.82, 2.24) is 14.9 Å². The van der Waals surface area contributed by atoms with Crippen LogP contribution in [0.15, 0.2) is 66.9 Å². The molecule has 48 heavy (non-hydrogen) atoms. The smallest absolute Gasteiger partial charge is 0.384 e. The van der Waals surface area contributed by atoms with E-state index in [9.17, 15) is 22.8 Å². The molecule has 3 amide bonds. The minimum absolute atomic E-state index is 0.156. The molecule has 11 nitrogen and oxygen atoms in total. The highest BCUT2D eigenvalue weighted by Crippen LogP contribution is 2.35. The van der Waals surface area contributed by atoms with Crippen LogP contribution in [-0.2, 0) is 12.7 Å². The summed E-state index contributed by atoms with van der Waals surface area (Å²) < 4.78 is 41.1. The van der Waals surface area contributed by atoms with Crippen LogP contribution in [-0.4, -0.2) is 75.1 Å². The maximum Gasteiger partial charge on any atom is 0.416 e. The molecule has 0 saturated heterocycles. The zero-order valence-electron chi connectivity index (χ0n) is 27.6. The number of hydrogen-bond donors (Lipinski definition) is 3. The van der Waals surface area contributed by atoms with Crippen LogP contribution in [0.3, 0.4) is 0 Å². The first-order chi connectivity index (χ1) is 22.7. The molecule has 1 aromatic heterocycles. The molecule has 0 unspecified atom stereocenters. The average molecular weight is 662 g/mol. The molecule has 2 heterocycles. The Balaban J connectivity index is 1.36. The van der Waals surface area contributed by atoms with Gasteiger partial charge in [-0.2, -0.15) is 18.2 Å². The quantitative estimate of drug-likeness (QED) is 0.179. The second kappa shape index (κ2) is 13.8. The van der Waals surface area contributed by atoms with Gasteiger partial charge in [0.1, 0.15) is 5.82 Å². The highest BCUT2D eigenvalue weighted by Gasteiger charge is 2.33. The Morgan fingerprint density at radius 3 is 2.46 bits per heavy atom. The summed E-state index contributed by atoms with van der Waals surface area (Å²) in [5.41, 5.74) is 3.19. The van der Waals surface area contributed by atoms with Gasteiger partial charge in [0.25, 0.3) is 5.91 Å². The Labute approximate surface area is 277 Å². The third-order valence-corrected chi connectivity index (χ3v) is 7.79. The van der Waals surface area contributed by atoms with E-state index in [4.69, 9.17) is 0 Å². The van der Waals surface area contributed by atoms with E-state index in [1.807, 2.05) is 69.2 Å². The minimum Gasteiger partial charge on any atom is -0.384 e. The van der Waals surface area contributed by atoms with Crippen LogP contribution < -0.4 is 30.7 Å². The SMILES string of the molecule is Cc1ccc(NC(=O)c2cc(NCCN(C)C)cc(C(F)(F)F)c2)cc1N1Cc2cnc(Nc3cccc(N(C)C)c3)nc2N(C)C1=O. The second-order valence-corrected chi connectivity index (χ2v) is 12.0. The van der Waals surface area contributed by atoms with Crippen molar-refractivity contribution in [2.45, 2.75) is 19.6 Å². The van der Waals surface area contributed by atoms with Crippen LogP contribution in [0.2, 0.25) is 0 Å². The van der Waals surface area contributed by atoms with Gasteiger partial charge in [0.15, 0.2) is 0 Å². The normalized spacial score (nSPS) is 13.0. The first-order valence-corrected chi connectivity index (χ1v) is 15.2. The number of rotatable bonds is 10. The number of urea groups is 1. The van der Waals surface area contributed by atoms with E-state index in [0.29, 0.717) is 41.8 Å². The highest BCUT2D eigenvalue weighted by molar-refractivity contribution is 6.07. The van der Waals surface area contributed by atoms with Crippen molar-refractivity contribution in [3.8, 4) is 0 Å². The molecular weight excluding hydrogens is 623 g/mol. The van der Waals surface area contributed by atoms with E-state index in [1.165, 1.54) is 11.0 Å². The van der Waals surface area contributed by atoms with Crippen molar-refractivity contribution < 1.29 is 22.8 Å². The fourth-order valence-corrected chi connectivity index (χ4v) is 5.18. The van der Waals surface area contributed by atoms with Crippen LogP contribution in [0.4, 0.5) is 58.2 Å². The summed E-state index contributed by atoms with van der Waals surface area (Å²) in [6.45, 7) is 2.98. The summed E-state index contributed by atoms with van der Waals surface area (Å²) in [5.74, 6) is 0.0759. The molecule has 5 rings (SSSR count).